The van der Waals surface area contributed by atoms with Crippen LogP contribution in [0.1, 0.15) is 46.5 Å². The number of carbonyl (C=O) groups excluding carboxylic acids is 1. The van der Waals surface area contributed by atoms with Crippen molar-refractivity contribution in [2.45, 2.75) is 58.1 Å². The standard InChI is InChI=1S/C11H22N2O2/c1-4-12-11(2,3)10(14)13-15-9-7-5-6-8-9/h9,12H,4-8H2,1-3H3,(H,13,14). The highest BCUT2D eigenvalue weighted by Gasteiger charge is 2.27. The zero-order chi connectivity index (χ0) is 11.3. The third-order valence-electron chi connectivity index (χ3n) is 2.81. The van der Waals surface area contributed by atoms with Crippen LogP contribution in [-0.4, -0.2) is 24.1 Å². The van der Waals surface area contributed by atoms with Crippen LogP contribution < -0.4 is 10.8 Å². The molecule has 0 aromatic carbocycles. The molecular weight excluding hydrogens is 192 g/mol. The molecule has 88 valence electrons. The first-order valence-electron chi connectivity index (χ1n) is 5.77. The highest BCUT2D eigenvalue weighted by atomic mass is 16.7. The number of rotatable bonds is 5. The summed E-state index contributed by atoms with van der Waals surface area (Å²) in [5.41, 5.74) is 1.99. The number of nitrogens with one attached hydrogen (secondary N) is 2. The van der Waals surface area contributed by atoms with Crippen LogP contribution in [0.4, 0.5) is 0 Å². The van der Waals surface area contributed by atoms with Crippen molar-refractivity contribution in [2.24, 2.45) is 0 Å². The van der Waals surface area contributed by atoms with Crippen LogP contribution in [0.3, 0.4) is 0 Å². The van der Waals surface area contributed by atoms with Gasteiger partial charge in [-0.2, -0.15) is 0 Å². The van der Waals surface area contributed by atoms with E-state index in [0.29, 0.717) is 0 Å². The summed E-state index contributed by atoms with van der Waals surface area (Å²) in [6.07, 6.45) is 4.74. The monoisotopic (exact) mass is 214 g/mol. The molecule has 4 heteroatoms. The lowest BCUT2D eigenvalue weighted by Gasteiger charge is -2.24. The number of hydrogen-bond donors (Lipinski definition) is 2. The van der Waals surface area contributed by atoms with Crippen molar-refractivity contribution in [1.29, 1.82) is 0 Å². The Morgan fingerprint density at radius 3 is 2.53 bits per heavy atom. The van der Waals surface area contributed by atoms with Gasteiger partial charge >= 0.3 is 0 Å². The molecule has 0 aromatic rings. The second-order valence-electron chi connectivity index (χ2n) is 4.61. The van der Waals surface area contributed by atoms with Gasteiger partial charge in [-0.25, -0.2) is 5.48 Å². The van der Waals surface area contributed by atoms with Gasteiger partial charge in [-0.1, -0.05) is 19.8 Å². The second-order valence-corrected chi connectivity index (χ2v) is 4.61. The summed E-state index contributed by atoms with van der Waals surface area (Å²) >= 11 is 0. The number of amides is 1. The van der Waals surface area contributed by atoms with Crippen molar-refractivity contribution in [3.05, 3.63) is 0 Å². The van der Waals surface area contributed by atoms with Gasteiger partial charge in [0.25, 0.3) is 5.91 Å². The van der Waals surface area contributed by atoms with E-state index in [0.717, 1.165) is 19.4 Å². The van der Waals surface area contributed by atoms with Crippen molar-refractivity contribution in [1.82, 2.24) is 10.8 Å². The van der Waals surface area contributed by atoms with Crippen LogP contribution in [0, 0.1) is 0 Å². The van der Waals surface area contributed by atoms with E-state index in [1.165, 1.54) is 12.8 Å². The van der Waals surface area contributed by atoms with Crippen LogP contribution in [0.5, 0.6) is 0 Å². The fourth-order valence-electron chi connectivity index (χ4n) is 1.79. The zero-order valence-electron chi connectivity index (χ0n) is 9.93. The topological polar surface area (TPSA) is 50.4 Å². The van der Waals surface area contributed by atoms with Gasteiger partial charge in [-0.3, -0.25) is 9.63 Å². The van der Waals surface area contributed by atoms with Crippen LogP contribution in [0.2, 0.25) is 0 Å². The van der Waals surface area contributed by atoms with E-state index in [2.05, 4.69) is 10.8 Å². The Morgan fingerprint density at radius 1 is 1.40 bits per heavy atom. The molecule has 1 aliphatic rings. The smallest absolute Gasteiger partial charge is 0.263 e. The molecule has 15 heavy (non-hydrogen) atoms. The summed E-state index contributed by atoms with van der Waals surface area (Å²) in [5, 5.41) is 3.10. The maximum absolute atomic E-state index is 11.7. The summed E-state index contributed by atoms with van der Waals surface area (Å²) in [6, 6.07) is 0. The predicted octanol–water partition coefficient (Wildman–Crippen LogP) is 1.36. The van der Waals surface area contributed by atoms with E-state index in [1.807, 2.05) is 20.8 Å². The Balaban J connectivity index is 2.27. The van der Waals surface area contributed by atoms with Crippen LogP contribution >= 0.6 is 0 Å². The largest absolute Gasteiger partial charge is 0.304 e. The summed E-state index contributed by atoms with van der Waals surface area (Å²) in [4.78, 5) is 17.1. The first kappa shape index (κ1) is 12.5. The van der Waals surface area contributed by atoms with Crippen LogP contribution in [0.25, 0.3) is 0 Å². The molecule has 1 rings (SSSR count). The van der Waals surface area contributed by atoms with Crippen molar-refractivity contribution < 1.29 is 9.63 Å². The SMILES string of the molecule is CCNC(C)(C)C(=O)NOC1CCCC1. The minimum atomic E-state index is -0.562. The Morgan fingerprint density at radius 2 is 2.00 bits per heavy atom. The third kappa shape index (κ3) is 3.80. The summed E-state index contributed by atoms with van der Waals surface area (Å²) in [7, 11) is 0. The average molecular weight is 214 g/mol. The molecule has 1 fully saturated rings. The minimum Gasteiger partial charge on any atom is -0.304 e. The Hall–Kier alpha value is -0.610. The second kappa shape index (κ2) is 5.47. The highest BCUT2D eigenvalue weighted by Crippen LogP contribution is 2.20. The van der Waals surface area contributed by atoms with Gasteiger partial charge in [-0.15, -0.1) is 0 Å². The van der Waals surface area contributed by atoms with Crippen molar-refractivity contribution in [3.63, 3.8) is 0 Å². The molecule has 0 unspecified atom stereocenters. The number of likely N-dealkylation sites (N-methyl/N-ethyl adjacent to an activating group) is 1. The Kier molecular flexibility index (Phi) is 4.54. The van der Waals surface area contributed by atoms with E-state index in [4.69, 9.17) is 4.84 Å². The van der Waals surface area contributed by atoms with E-state index in [9.17, 15) is 4.79 Å². The quantitative estimate of drug-likeness (QED) is 0.679. The molecule has 0 radical (unpaired) electrons. The lowest BCUT2D eigenvalue weighted by Crippen LogP contribution is -2.53. The fraction of sp³-hybridized carbons (Fsp3) is 0.909. The maximum atomic E-state index is 11.7. The van der Waals surface area contributed by atoms with E-state index < -0.39 is 5.54 Å². The Bertz CT molecular complexity index is 211. The molecule has 1 aliphatic carbocycles. The summed E-state index contributed by atoms with van der Waals surface area (Å²) in [5.74, 6) is -0.101. The lowest BCUT2D eigenvalue weighted by atomic mass is 10.1. The summed E-state index contributed by atoms with van der Waals surface area (Å²) < 4.78 is 0. The van der Waals surface area contributed by atoms with Gasteiger partial charge in [0.15, 0.2) is 0 Å². The van der Waals surface area contributed by atoms with E-state index in [-0.39, 0.29) is 12.0 Å². The van der Waals surface area contributed by atoms with Crippen molar-refractivity contribution >= 4 is 5.91 Å². The zero-order valence-corrected chi connectivity index (χ0v) is 9.93. The molecule has 4 nitrogen and oxygen atoms in total. The van der Waals surface area contributed by atoms with E-state index in [1.54, 1.807) is 0 Å². The van der Waals surface area contributed by atoms with Gasteiger partial charge in [0.2, 0.25) is 0 Å². The van der Waals surface area contributed by atoms with Crippen LogP contribution in [0.15, 0.2) is 0 Å². The molecule has 1 amide bonds. The van der Waals surface area contributed by atoms with Gasteiger partial charge in [0.1, 0.15) is 0 Å². The number of hydroxylamine groups is 1. The van der Waals surface area contributed by atoms with Crippen molar-refractivity contribution in [2.75, 3.05) is 6.54 Å². The lowest BCUT2D eigenvalue weighted by molar-refractivity contribution is -0.143. The molecule has 0 saturated heterocycles. The van der Waals surface area contributed by atoms with Gasteiger partial charge < -0.3 is 5.32 Å². The predicted molar refractivity (Wildman–Crippen MR) is 59.2 cm³/mol. The Labute approximate surface area is 91.7 Å². The summed E-state index contributed by atoms with van der Waals surface area (Å²) in [6.45, 7) is 6.45. The first-order valence-corrected chi connectivity index (χ1v) is 5.77. The minimum absolute atomic E-state index is 0.101. The number of hydrogen-bond acceptors (Lipinski definition) is 3. The average Bonchev–Trinajstić information content (AvgIpc) is 2.66. The molecular formula is C11H22N2O2. The maximum Gasteiger partial charge on any atom is 0.263 e. The van der Waals surface area contributed by atoms with Gasteiger partial charge in [-0.05, 0) is 33.2 Å². The third-order valence-corrected chi connectivity index (χ3v) is 2.81. The molecule has 0 spiro atoms. The molecule has 1 saturated carbocycles. The molecule has 0 atom stereocenters. The van der Waals surface area contributed by atoms with Gasteiger partial charge in [0, 0.05) is 0 Å². The molecule has 0 bridgehead atoms. The molecule has 0 aromatic heterocycles. The van der Waals surface area contributed by atoms with Crippen LogP contribution in [-0.2, 0) is 9.63 Å². The van der Waals surface area contributed by atoms with Crippen molar-refractivity contribution in [3.8, 4) is 0 Å². The highest BCUT2D eigenvalue weighted by molar-refractivity contribution is 5.84. The fourth-order valence-corrected chi connectivity index (χ4v) is 1.79. The molecule has 2 N–H and O–H groups in total. The normalized spacial score (nSPS) is 18.1. The first-order chi connectivity index (χ1) is 7.06. The number of carbonyl (C=O) groups is 1. The van der Waals surface area contributed by atoms with Gasteiger partial charge in [0.05, 0.1) is 11.6 Å². The molecule has 0 aliphatic heterocycles. The van der Waals surface area contributed by atoms with E-state index >= 15 is 0 Å². The molecule has 0 heterocycles.